The smallest absolute Gasteiger partial charge is 0.253 e. The molecule has 0 unspecified atom stereocenters. The molecular weight excluding hydrogens is 318 g/mol. The van der Waals surface area contributed by atoms with Crippen molar-refractivity contribution in [3.05, 3.63) is 78.1 Å². The molecule has 0 saturated carbocycles. The molecule has 0 bridgehead atoms. The van der Waals surface area contributed by atoms with Gasteiger partial charge in [-0.15, -0.1) is 11.8 Å². The summed E-state index contributed by atoms with van der Waals surface area (Å²) in [6.45, 7) is 0.583. The molecule has 1 amide bonds. The molecule has 24 heavy (non-hydrogen) atoms. The Morgan fingerprint density at radius 3 is 2.75 bits per heavy atom. The van der Waals surface area contributed by atoms with E-state index in [1.54, 1.807) is 27.5 Å². The van der Waals surface area contributed by atoms with Crippen LogP contribution in [-0.2, 0) is 6.54 Å². The van der Waals surface area contributed by atoms with Gasteiger partial charge in [0, 0.05) is 36.4 Å². The largest absolute Gasteiger partial charge is 0.337 e. The molecule has 122 valence electrons. The Bertz CT molecular complexity index is 830. The molecule has 0 aliphatic carbocycles. The lowest BCUT2D eigenvalue weighted by molar-refractivity contribution is 0.0785. The van der Waals surface area contributed by atoms with Crippen LogP contribution in [-0.4, -0.2) is 33.9 Å². The summed E-state index contributed by atoms with van der Waals surface area (Å²) in [6, 6.07) is 17.6. The lowest BCUT2D eigenvalue weighted by atomic mass is 10.1. The summed E-state index contributed by atoms with van der Waals surface area (Å²) in [5.74, 6) is -0.00133. The summed E-state index contributed by atoms with van der Waals surface area (Å²) in [7, 11) is 1.83. The molecular formula is C19H19N3OS. The van der Waals surface area contributed by atoms with Crippen molar-refractivity contribution in [2.24, 2.45) is 0 Å². The van der Waals surface area contributed by atoms with Crippen molar-refractivity contribution in [2.75, 3.05) is 13.3 Å². The summed E-state index contributed by atoms with van der Waals surface area (Å²) in [6.07, 6.45) is 5.63. The van der Waals surface area contributed by atoms with Gasteiger partial charge < -0.3 is 4.90 Å². The average Bonchev–Trinajstić information content (AvgIpc) is 3.16. The zero-order valence-corrected chi connectivity index (χ0v) is 14.5. The third-order valence-electron chi connectivity index (χ3n) is 3.76. The van der Waals surface area contributed by atoms with Crippen LogP contribution in [0.2, 0.25) is 0 Å². The monoisotopic (exact) mass is 337 g/mol. The predicted octanol–water partition coefficient (Wildman–Crippen LogP) is 3.87. The summed E-state index contributed by atoms with van der Waals surface area (Å²) in [5, 5.41) is 4.21. The van der Waals surface area contributed by atoms with Crippen molar-refractivity contribution in [1.29, 1.82) is 0 Å². The lowest BCUT2D eigenvalue weighted by Gasteiger charge is -2.18. The first kappa shape index (κ1) is 16.3. The maximum Gasteiger partial charge on any atom is 0.253 e. The number of benzene rings is 2. The minimum Gasteiger partial charge on any atom is -0.337 e. The maximum atomic E-state index is 12.7. The van der Waals surface area contributed by atoms with Gasteiger partial charge in [0.05, 0.1) is 5.69 Å². The number of hydrogen-bond acceptors (Lipinski definition) is 3. The highest BCUT2D eigenvalue weighted by molar-refractivity contribution is 7.98. The molecule has 0 radical (unpaired) electrons. The molecule has 0 fully saturated rings. The molecule has 0 atom stereocenters. The van der Waals surface area contributed by atoms with Crippen LogP contribution >= 0.6 is 11.8 Å². The van der Waals surface area contributed by atoms with Crippen molar-refractivity contribution < 1.29 is 4.79 Å². The fraction of sp³-hybridized carbons (Fsp3) is 0.158. The second-order valence-corrected chi connectivity index (χ2v) is 6.39. The van der Waals surface area contributed by atoms with E-state index in [1.165, 1.54) is 4.90 Å². The Morgan fingerprint density at radius 2 is 2.00 bits per heavy atom. The Balaban J connectivity index is 1.77. The van der Waals surface area contributed by atoms with Crippen LogP contribution in [0.15, 0.2) is 71.9 Å². The van der Waals surface area contributed by atoms with Gasteiger partial charge in [-0.05, 0) is 48.2 Å². The van der Waals surface area contributed by atoms with E-state index < -0.39 is 0 Å². The van der Waals surface area contributed by atoms with Crippen LogP contribution in [0.3, 0.4) is 0 Å². The van der Waals surface area contributed by atoms with Gasteiger partial charge >= 0.3 is 0 Å². The van der Waals surface area contributed by atoms with Gasteiger partial charge in [0.15, 0.2) is 0 Å². The Morgan fingerprint density at radius 1 is 1.17 bits per heavy atom. The van der Waals surface area contributed by atoms with Gasteiger partial charge in [0.2, 0.25) is 0 Å². The predicted molar refractivity (Wildman–Crippen MR) is 97.6 cm³/mol. The lowest BCUT2D eigenvalue weighted by Crippen LogP contribution is -2.26. The number of aromatic nitrogens is 2. The maximum absolute atomic E-state index is 12.7. The van der Waals surface area contributed by atoms with Crippen LogP contribution in [0.25, 0.3) is 5.69 Å². The van der Waals surface area contributed by atoms with Crippen LogP contribution in [0.4, 0.5) is 0 Å². The molecule has 0 saturated heterocycles. The fourth-order valence-corrected chi connectivity index (χ4v) is 3.02. The van der Waals surface area contributed by atoms with Crippen molar-refractivity contribution in [1.82, 2.24) is 14.7 Å². The SMILES string of the molecule is CSc1cccc(CN(C)C(=O)c2cccc(-n3cccn3)c2)c1. The standard InChI is InChI=1S/C19H19N3OS/c1-21(14-15-6-3-9-18(12-15)24-2)19(23)16-7-4-8-17(13-16)22-11-5-10-20-22/h3-13H,14H2,1-2H3. The second kappa shape index (κ2) is 7.36. The third-order valence-corrected chi connectivity index (χ3v) is 4.49. The van der Waals surface area contributed by atoms with Crippen LogP contribution in [0.5, 0.6) is 0 Å². The zero-order valence-electron chi connectivity index (χ0n) is 13.7. The number of amides is 1. The van der Waals surface area contributed by atoms with E-state index in [1.807, 2.05) is 55.7 Å². The third kappa shape index (κ3) is 3.68. The summed E-state index contributed by atoms with van der Waals surface area (Å²) in [4.78, 5) is 15.7. The van der Waals surface area contributed by atoms with Crippen LogP contribution in [0.1, 0.15) is 15.9 Å². The van der Waals surface area contributed by atoms with Gasteiger partial charge in [-0.25, -0.2) is 4.68 Å². The van der Waals surface area contributed by atoms with E-state index in [2.05, 4.69) is 23.5 Å². The second-order valence-electron chi connectivity index (χ2n) is 5.51. The van der Waals surface area contributed by atoms with Crippen molar-refractivity contribution in [2.45, 2.75) is 11.4 Å². The number of rotatable bonds is 5. The number of nitrogens with zero attached hydrogens (tertiary/aromatic N) is 3. The number of carbonyl (C=O) groups is 1. The highest BCUT2D eigenvalue weighted by atomic mass is 32.2. The Labute approximate surface area is 146 Å². The fourth-order valence-electron chi connectivity index (χ4n) is 2.54. The molecule has 3 rings (SSSR count). The van der Waals surface area contributed by atoms with E-state index in [-0.39, 0.29) is 5.91 Å². The first-order chi connectivity index (χ1) is 11.7. The molecule has 3 aromatic rings. The van der Waals surface area contributed by atoms with E-state index in [9.17, 15) is 4.79 Å². The first-order valence-electron chi connectivity index (χ1n) is 7.66. The highest BCUT2D eigenvalue weighted by Gasteiger charge is 2.13. The topological polar surface area (TPSA) is 38.1 Å². The first-order valence-corrected chi connectivity index (χ1v) is 8.88. The summed E-state index contributed by atoms with van der Waals surface area (Å²) in [5.41, 5.74) is 2.66. The molecule has 4 nitrogen and oxygen atoms in total. The molecule has 0 N–H and O–H groups in total. The van der Waals surface area contributed by atoms with Gasteiger partial charge in [0.25, 0.3) is 5.91 Å². The summed E-state index contributed by atoms with van der Waals surface area (Å²) < 4.78 is 1.75. The van der Waals surface area contributed by atoms with Crippen LogP contribution < -0.4 is 0 Å². The van der Waals surface area contributed by atoms with E-state index in [4.69, 9.17) is 0 Å². The number of hydrogen-bond donors (Lipinski definition) is 0. The Hall–Kier alpha value is -2.53. The van der Waals surface area contributed by atoms with E-state index >= 15 is 0 Å². The number of thioether (sulfide) groups is 1. The molecule has 5 heteroatoms. The minimum absolute atomic E-state index is 0.00133. The van der Waals surface area contributed by atoms with Crippen molar-refractivity contribution >= 4 is 17.7 Å². The highest BCUT2D eigenvalue weighted by Crippen LogP contribution is 2.18. The zero-order chi connectivity index (χ0) is 16.9. The van der Waals surface area contributed by atoms with E-state index in [0.29, 0.717) is 12.1 Å². The van der Waals surface area contributed by atoms with Gasteiger partial charge in [0.1, 0.15) is 0 Å². The van der Waals surface area contributed by atoms with Gasteiger partial charge in [-0.1, -0.05) is 18.2 Å². The van der Waals surface area contributed by atoms with Crippen molar-refractivity contribution in [3.63, 3.8) is 0 Å². The van der Waals surface area contributed by atoms with Gasteiger partial charge in [-0.2, -0.15) is 5.10 Å². The summed E-state index contributed by atoms with van der Waals surface area (Å²) >= 11 is 1.70. The van der Waals surface area contributed by atoms with E-state index in [0.717, 1.165) is 11.3 Å². The molecule has 1 aromatic heterocycles. The molecule has 0 aliphatic heterocycles. The average molecular weight is 337 g/mol. The molecule has 2 aromatic carbocycles. The molecule has 0 aliphatic rings. The molecule has 1 heterocycles. The normalized spacial score (nSPS) is 10.6. The Kier molecular flexibility index (Phi) is 5.01. The van der Waals surface area contributed by atoms with Crippen molar-refractivity contribution in [3.8, 4) is 5.69 Å². The quantitative estimate of drug-likeness (QED) is 0.664. The van der Waals surface area contributed by atoms with Crippen LogP contribution in [0, 0.1) is 0 Å². The molecule has 0 spiro atoms. The minimum atomic E-state index is -0.00133. The van der Waals surface area contributed by atoms with Gasteiger partial charge in [-0.3, -0.25) is 4.79 Å². The number of carbonyl (C=O) groups excluding carboxylic acids is 1.